The Hall–Kier alpha value is -2.03. The summed E-state index contributed by atoms with van der Waals surface area (Å²) < 4.78 is 5.51. The van der Waals surface area contributed by atoms with Crippen LogP contribution < -0.4 is 5.32 Å². The molecule has 0 aliphatic carbocycles. The topological polar surface area (TPSA) is 42.2 Å². The lowest BCUT2D eigenvalue weighted by molar-refractivity contribution is -0.118. The van der Waals surface area contributed by atoms with Crippen molar-refractivity contribution in [1.29, 1.82) is 0 Å². The molecule has 3 heteroatoms. The van der Waals surface area contributed by atoms with Crippen LogP contribution in [-0.4, -0.2) is 12.5 Å². The number of carbonyl (C=O) groups is 1. The zero-order valence-corrected chi connectivity index (χ0v) is 11.1. The van der Waals surface area contributed by atoms with Gasteiger partial charge < -0.3 is 9.73 Å². The second-order valence-electron chi connectivity index (χ2n) is 4.67. The minimum Gasteiger partial charge on any atom is -0.469 e. The average molecular weight is 257 g/mol. The van der Waals surface area contributed by atoms with Crippen molar-refractivity contribution in [3.63, 3.8) is 0 Å². The Bertz CT molecular complexity index is 491. The molecular weight excluding hydrogens is 238 g/mol. The Morgan fingerprint density at radius 2 is 2.00 bits per heavy atom. The van der Waals surface area contributed by atoms with Gasteiger partial charge >= 0.3 is 0 Å². The summed E-state index contributed by atoms with van der Waals surface area (Å²) in [4.78, 5) is 10.9. The van der Waals surface area contributed by atoms with Crippen LogP contribution in [-0.2, 0) is 11.2 Å². The first kappa shape index (κ1) is 13.4. The maximum absolute atomic E-state index is 10.9. The summed E-state index contributed by atoms with van der Waals surface area (Å²) in [5.41, 5.74) is 1.28. The zero-order chi connectivity index (χ0) is 13.5. The second kappa shape index (κ2) is 6.78. The van der Waals surface area contributed by atoms with Gasteiger partial charge in [0, 0.05) is 19.4 Å². The fourth-order valence-corrected chi connectivity index (χ4v) is 2.19. The molecule has 100 valence electrons. The molecule has 19 heavy (non-hydrogen) atoms. The van der Waals surface area contributed by atoms with Gasteiger partial charge in [0.15, 0.2) is 0 Å². The number of rotatable bonds is 6. The van der Waals surface area contributed by atoms with Crippen molar-refractivity contribution in [3.05, 3.63) is 60.1 Å². The van der Waals surface area contributed by atoms with E-state index in [1.807, 2.05) is 30.3 Å². The van der Waals surface area contributed by atoms with Crippen molar-refractivity contribution in [2.24, 2.45) is 0 Å². The smallest absolute Gasteiger partial charge is 0.216 e. The monoisotopic (exact) mass is 257 g/mol. The van der Waals surface area contributed by atoms with Crippen molar-refractivity contribution in [2.45, 2.75) is 25.7 Å². The molecule has 1 amide bonds. The largest absolute Gasteiger partial charge is 0.469 e. The van der Waals surface area contributed by atoms with E-state index in [-0.39, 0.29) is 5.91 Å². The number of nitrogens with one attached hydrogen (secondary N) is 1. The van der Waals surface area contributed by atoms with Crippen LogP contribution in [0.3, 0.4) is 0 Å². The van der Waals surface area contributed by atoms with Crippen molar-refractivity contribution < 1.29 is 9.21 Å². The predicted molar refractivity (Wildman–Crippen MR) is 74.9 cm³/mol. The Kier molecular flexibility index (Phi) is 4.78. The molecule has 0 spiro atoms. The molecule has 2 aromatic rings. The van der Waals surface area contributed by atoms with E-state index in [1.54, 1.807) is 13.2 Å². The molecule has 2 rings (SSSR count). The molecule has 0 fully saturated rings. The van der Waals surface area contributed by atoms with Gasteiger partial charge in [0.2, 0.25) is 5.91 Å². The highest BCUT2D eigenvalue weighted by Crippen LogP contribution is 2.24. The highest BCUT2D eigenvalue weighted by atomic mass is 16.3. The van der Waals surface area contributed by atoms with Crippen LogP contribution in [0.25, 0.3) is 0 Å². The molecule has 1 aromatic carbocycles. The van der Waals surface area contributed by atoms with Gasteiger partial charge in [-0.25, -0.2) is 0 Å². The molecule has 0 aliphatic rings. The van der Waals surface area contributed by atoms with Crippen LogP contribution in [0.2, 0.25) is 0 Å². The highest BCUT2D eigenvalue weighted by molar-refractivity contribution is 5.72. The lowest BCUT2D eigenvalue weighted by Gasteiger charge is -2.15. The minimum absolute atomic E-state index is 0.0120. The summed E-state index contributed by atoms with van der Waals surface area (Å²) in [6.07, 6.45) is 3.50. The molecule has 1 heterocycles. The molecule has 3 nitrogen and oxygen atoms in total. The molecule has 1 aromatic heterocycles. The number of carbonyl (C=O) groups excluding carboxylic acids is 1. The fourth-order valence-electron chi connectivity index (χ4n) is 2.19. The third-order valence-electron chi connectivity index (χ3n) is 3.14. The number of benzene rings is 1. The van der Waals surface area contributed by atoms with Gasteiger partial charge in [0.1, 0.15) is 5.76 Å². The van der Waals surface area contributed by atoms with Crippen molar-refractivity contribution in [3.8, 4) is 0 Å². The first-order valence-electron chi connectivity index (χ1n) is 6.57. The van der Waals surface area contributed by atoms with E-state index >= 15 is 0 Å². The molecule has 0 aliphatic heterocycles. The van der Waals surface area contributed by atoms with Crippen LogP contribution >= 0.6 is 0 Å². The summed E-state index contributed by atoms with van der Waals surface area (Å²) in [5.74, 6) is 1.29. The van der Waals surface area contributed by atoms with Crippen LogP contribution in [0.5, 0.6) is 0 Å². The van der Waals surface area contributed by atoms with E-state index in [4.69, 9.17) is 4.42 Å². The van der Waals surface area contributed by atoms with Crippen molar-refractivity contribution in [1.82, 2.24) is 5.32 Å². The number of amides is 1. The van der Waals surface area contributed by atoms with Gasteiger partial charge in [-0.2, -0.15) is 0 Å². The highest BCUT2D eigenvalue weighted by Gasteiger charge is 2.15. The van der Waals surface area contributed by atoms with Gasteiger partial charge in [0.25, 0.3) is 0 Å². The normalized spacial score (nSPS) is 12.1. The molecule has 1 N–H and O–H groups in total. The molecular formula is C16H19NO2. The van der Waals surface area contributed by atoms with E-state index in [9.17, 15) is 4.79 Å². The molecule has 0 saturated heterocycles. The van der Waals surface area contributed by atoms with Gasteiger partial charge in [0.05, 0.1) is 6.26 Å². The maximum atomic E-state index is 10.9. The van der Waals surface area contributed by atoms with Gasteiger partial charge in [-0.05, 0) is 30.5 Å². The van der Waals surface area contributed by atoms with E-state index in [0.717, 1.165) is 18.6 Å². The van der Waals surface area contributed by atoms with E-state index in [0.29, 0.717) is 12.5 Å². The maximum Gasteiger partial charge on any atom is 0.216 e. The van der Waals surface area contributed by atoms with E-state index in [2.05, 4.69) is 17.4 Å². The summed E-state index contributed by atoms with van der Waals surface area (Å²) in [6, 6.07) is 14.3. The Morgan fingerprint density at radius 1 is 1.21 bits per heavy atom. The lowest BCUT2D eigenvalue weighted by Crippen LogP contribution is -2.23. The Morgan fingerprint density at radius 3 is 2.63 bits per heavy atom. The lowest BCUT2D eigenvalue weighted by atomic mass is 9.94. The summed E-state index contributed by atoms with van der Waals surface area (Å²) >= 11 is 0. The quantitative estimate of drug-likeness (QED) is 0.863. The van der Waals surface area contributed by atoms with Crippen molar-refractivity contribution >= 4 is 5.91 Å². The van der Waals surface area contributed by atoms with E-state index < -0.39 is 0 Å². The minimum atomic E-state index is 0.0120. The SMILES string of the molecule is CC(=O)NCC[C@H](Cc1ccccc1)c1ccco1. The third kappa shape index (κ3) is 4.28. The van der Waals surface area contributed by atoms with Crippen molar-refractivity contribution in [2.75, 3.05) is 6.54 Å². The van der Waals surface area contributed by atoms with Gasteiger partial charge in [-0.1, -0.05) is 30.3 Å². The van der Waals surface area contributed by atoms with Crippen LogP contribution in [0.1, 0.15) is 30.6 Å². The van der Waals surface area contributed by atoms with Crippen LogP contribution in [0, 0.1) is 0 Å². The Labute approximate surface area is 113 Å². The first-order valence-corrected chi connectivity index (χ1v) is 6.57. The number of hydrogen-bond donors (Lipinski definition) is 1. The van der Waals surface area contributed by atoms with Crippen LogP contribution in [0.4, 0.5) is 0 Å². The van der Waals surface area contributed by atoms with Crippen LogP contribution in [0.15, 0.2) is 53.1 Å². The molecule has 0 unspecified atom stereocenters. The predicted octanol–water partition coefficient (Wildman–Crippen LogP) is 3.13. The van der Waals surface area contributed by atoms with E-state index in [1.165, 1.54) is 5.56 Å². The Balaban J connectivity index is 2.00. The van der Waals surface area contributed by atoms with Gasteiger partial charge in [-0.3, -0.25) is 4.79 Å². The van der Waals surface area contributed by atoms with Gasteiger partial charge in [-0.15, -0.1) is 0 Å². The first-order chi connectivity index (χ1) is 9.25. The number of furan rings is 1. The molecule has 0 bridgehead atoms. The molecule has 0 saturated carbocycles. The summed E-state index contributed by atoms with van der Waals surface area (Å²) in [7, 11) is 0. The summed E-state index contributed by atoms with van der Waals surface area (Å²) in [6.45, 7) is 2.21. The standard InChI is InChI=1S/C16H19NO2/c1-13(18)17-10-9-15(16-8-5-11-19-16)12-14-6-3-2-4-7-14/h2-8,11,15H,9-10,12H2,1H3,(H,17,18)/t15-/m1/s1. The third-order valence-corrected chi connectivity index (χ3v) is 3.14. The average Bonchev–Trinajstić information content (AvgIpc) is 2.92. The second-order valence-corrected chi connectivity index (χ2v) is 4.67. The summed E-state index contributed by atoms with van der Waals surface area (Å²) in [5, 5.41) is 2.84. The zero-order valence-electron chi connectivity index (χ0n) is 11.1. The fraction of sp³-hybridized carbons (Fsp3) is 0.312. The molecule has 0 radical (unpaired) electrons. The number of hydrogen-bond acceptors (Lipinski definition) is 2. The molecule has 1 atom stereocenters.